The molecule has 4 nitrogen and oxygen atoms in total. The number of likely N-dealkylation sites (tertiary alicyclic amines) is 1. The Balaban J connectivity index is 1.94. The van der Waals surface area contributed by atoms with E-state index in [0.717, 1.165) is 45.2 Å². The topological polar surface area (TPSA) is 56.1 Å². The van der Waals surface area contributed by atoms with E-state index >= 15 is 0 Å². The number of hydrogen-bond donors (Lipinski definition) is 1. The number of nitrogens with one attached hydrogen (secondary N) is 1. The minimum absolute atomic E-state index is 0.0948. The molecule has 0 aromatic heterocycles. The van der Waals surface area contributed by atoms with Gasteiger partial charge >= 0.3 is 0 Å². The molecule has 0 aromatic carbocycles. The third-order valence-corrected chi connectivity index (χ3v) is 3.89. The molecule has 2 aliphatic rings. The van der Waals surface area contributed by atoms with Gasteiger partial charge in [-0.2, -0.15) is 5.26 Å². The molecule has 88 valence electrons. The normalized spacial score (nSPS) is 25.5. The Labute approximate surface area is 96.6 Å². The molecule has 1 heterocycles. The number of nitriles is 1. The Hall–Kier alpha value is -1.08. The van der Waals surface area contributed by atoms with Crippen LogP contribution >= 0.6 is 0 Å². The molecule has 1 aliphatic heterocycles. The maximum absolute atomic E-state index is 11.9. The Kier molecular flexibility index (Phi) is 3.15. The highest BCUT2D eigenvalue weighted by Crippen LogP contribution is 2.28. The van der Waals surface area contributed by atoms with Gasteiger partial charge in [-0.25, -0.2) is 0 Å². The van der Waals surface area contributed by atoms with E-state index in [9.17, 15) is 10.1 Å². The quantitative estimate of drug-likeness (QED) is 0.753. The van der Waals surface area contributed by atoms with Crippen molar-refractivity contribution in [3.63, 3.8) is 0 Å². The highest BCUT2D eigenvalue weighted by Gasteiger charge is 2.37. The van der Waals surface area contributed by atoms with Crippen molar-refractivity contribution in [2.75, 3.05) is 20.1 Å². The average molecular weight is 221 g/mol. The molecule has 0 atom stereocenters. The van der Waals surface area contributed by atoms with Crippen molar-refractivity contribution >= 4 is 5.91 Å². The molecule has 0 radical (unpaired) electrons. The van der Waals surface area contributed by atoms with Crippen LogP contribution in [-0.2, 0) is 4.79 Å². The fraction of sp³-hybridized carbons (Fsp3) is 0.833. The molecule has 1 amide bonds. The van der Waals surface area contributed by atoms with Gasteiger partial charge in [-0.05, 0) is 32.7 Å². The summed E-state index contributed by atoms with van der Waals surface area (Å²) in [6, 6.07) is 2.31. The molecule has 0 unspecified atom stereocenters. The number of nitrogens with zero attached hydrogens (tertiary/aromatic N) is 2. The van der Waals surface area contributed by atoms with E-state index < -0.39 is 5.54 Å². The van der Waals surface area contributed by atoms with Crippen molar-refractivity contribution in [1.29, 1.82) is 5.26 Å². The first-order valence-electron chi connectivity index (χ1n) is 6.07. The van der Waals surface area contributed by atoms with Gasteiger partial charge in [0.1, 0.15) is 5.54 Å². The number of amides is 1. The Morgan fingerprint density at radius 2 is 2.06 bits per heavy atom. The highest BCUT2D eigenvalue weighted by atomic mass is 16.2. The van der Waals surface area contributed by atoms with Crippen molar-refractivity contribution in [3.8, 4) is 6.07 Å². The SMILES string of the molecule is CN1CCC(C#N)(NC(=O)C2CCC2)CC1. The Morgan fingerprint density at radius 1 is 1.44 bits per heavy atom. The fourth-order valence-electron chi connectivity index (χ4n) is 2.27. The van der Waals surface area contributed by atoms with E-state index in [-0.39, 0.29) is 11.8 Å². The van der Waals surface area contributed by atoms with Crippen LogP contribution in [0.15, 0.2) is 0 Å². The monoisotopic (exact) mass is 221 g/mol. The molecule has 1 saturated heterocycles. The minimum Gasteiger partial charge on any atom is -0.337 e. The molecule has 16 heavy (non-hydrogen) atoms. The van der Waals surface area contributed by atoms with Gasteiger partial charge in [0, 0.05) is 19.0 Å². The molecule has 1 aliphatic carbocycles. The van der Waals surface area contributed by atoms with E-state index in [4.69, 9.17) is 0 Å². The molecule has 1 N–H and O–H groups in total. The highest BCUT2D eigenvalue weighted by molar-refractivity contribution is 5.80. The average Bonchev–Trinajstić information content (AvgIpc) is 2.19. The second-order valence-electron chi connectivity index (χ2n) is 5.11. The van der Waals surface area contributed by atoms with Gasteiger partial charge in [0.05, 0.1) is 6.07 Å². The molecular weight excluding hydrogens is 202 g/mol. The molecule has 2 rings (SSSR count). The zero-order chi connectivity index (χ0) is 11.6. The molecule has 0 bridgehead atoms. The van der Waals surface area contributed by atoms with E-state index in [2.05, 4.69) is 23.3 Å². The summed E-state index contributed by atoms with van der Waals surface area (Å²) in [6.07, 6.45) is 4.64. The zero-order valence-electron chi connectivity index (χ0n) is 9.83. The molecule has 2 fully saturated rings. The number of hydrogen-bond acceptors (Lipinski definition) is 3. The number of carbonyl (C=O) groups is 1. The number of carbonyl (C=O) groups excluding carboxylic acids is 1. The summed E-state index contributed by atoms with van der Waals surface area (Å²) in [4.78, 5) is 14.1. The summed E-state index contributed by atoms with van der Waals surface area (Å²) < 4.78 is 0. The van der Waals surface area contributed by atoms with Crippen molar-refractivity contribution in [3.05, 3.63) is 0 Å². The molecular formula is C12H19N3O. The van der Waals surface area contributed by atoms with E-state index in [0.29, 0.717) is 0 Å². The molecule has 0 spiro atoms. The van der Waals surface area contributed by atoms with Gasteiger partial charge in [-0.3, -0.25) is 4.79 Å². The molecule has 4 heteroatoms. The second kappa shape index (κ2) is 4.42. The maximum Gasteiger partial charge on any atom is 0.224 e. The van der Waals surface area contributed by atoms with Gasteiger partial charge in [-0.15, -0.1) is 0 Å². The molecule has 0 aromatic rings. The first-order chi connectivity index (χ1) is 7.65. The zero-order valence-corrected chi connectivity index (χ0v) is 9.83. The van der Waals surface area contributed by atoms with Gasteiger partial charge < -0.3 is 10.2 Å². The van der Waals surface area contributed by atoms with Gasteiger partial charge in [-0.1, -0.05) is 6.42 Å². The Morgan fingerprint density at radius 3 is 2.50 bits per heavy atom. The maximum atomic E-state index is 11.9. The lowest BCUT2D eigenvalue weighted by Crippen LogP contribution is -2.55. The summed E-state index contributed by atoms with van der Waals surface area (Å²) in [6.45, 7) is 1.77. The summed E-state index contributed by atoms with van der Waals surface area (Å²) in [5.74, 6) is 0.266. The van der Waals surface area contributed by atoms with E-state index in [1.165, 1.54) is 0 Å². The van der Waals surface area contributed by atoms with Crippen LogP contribution in [0.4, 0.5) is 0 Å². The van der Waals surface area contributed by atoms with Crippen molar-refractivity contribution in [1.82, 2.24) is 10.2 Å². The van der Waals surface area contributed by atoms with Gasteiger partial charge in [0.15, 0.2) is 0 Å². The van der Waals surface area contributed by atoms with Crippen LogP contribution in [-0.4, -0.2) is 36.5 Å². The van der Waals surface area contributed by atoms with E-state index in [1.54, 1.807) is 0 Å². The smallest absolute Gasteiger partial charge is 0.224 e. The van der Waals surface area contributed by atoms with Gasteiger partial charge in [0.25, 0.3) is 0 Å². The van der Waals surface area contributed by atoms with Crippen LogP contribution in [0.3, 0.4) is 0 Å². The predicted octanol–water partition coefficient (Wildman–Crippen LogP) is 0.891. The summed E-state index contributed by atoms with van der Waals surface area (Å²) >= 11 is 0. The predicted molar refractivity (Wildman–Crippen MR) is 60.6 cm³/mol. The Bertz CT molecular complexity index is 309. The molecule has 1 saturated carbocycles. The van der Waals surface area contributed by atoms with Crippen LogP contribution < -0.4 is 5.32 Å². The van der Waals surface area contributed by atoms with E-state index in [1.807, 2.05) is 0 Å². The van der Waals surface area contributed by atoms with Crippen molar-refractivity contribution in [2.24, 2.45) is 5.92 Å². The lowest BCUT2D eigenvalue weighted by Gasteiger charge is -2.37. The third kappa shape index (κ3) is 2.19. The second-order valence-corrected chi connectivity index (χ2v) is 5.11. The summed E-state index contributed by atoms with van der Waals surface area (Å²) in [5.41, 5.74) is -0.598. The van der Waals surface area contributed by atoms with Crippen molar-refractivity contribution in [2.45, 2.75) is 37.6 Å². The number of piperidine rings is 1. The van der Waals surface area contributed by atoms with Crippen molar-refractivity contribution < 1.29 is 4.79 Å². The van der Waals surface area contributed by atoms with Crippen LogP contribution in [0.2, 0.25) is 0 Å². The largest absolute Gasteiger partial charge is 0.337 e. The summed E-state index contributed by atoms with van der Waals surface area (Å²) in [5, 5.41) is 12.2. The lowest BCUT2D eigenvalue weighted by atomic mass is 9.82. The van der Waals surface area contributed by atoms with Gasteiger partial charge in [0.2, 0.25) is 5.91 Å². The summed E-state index contributed by atoms with van der Waals surface area (Å²) in [7, 11) is 2.05. The van der Waals surface area contributed by atoms with Crippen LogP contribution in [0, 0.1) is 17.2 Å². The minimum atomic E-state index is -0.598. The first kappa shape index (κ1) is 11.4. The fourth-order valence-corrected chi connectivity index (χ4v) is 2.27. The van der Waals surface area contributed by atoms with Crippen LogP contribution in [0.25, 0.3) is 0 Å². The van der Waals surface area contributed by atoms with Crippen LogP contribution in [0.5, 0.6) is 0 Å². The first-order valence-corrected chi connectivity index (χ1v) is 6.07. The van der Waals surface area contributed by atoms with Crippen LogP contribution in [0.1, 0.15) is 32.1 Å². The standard InChI is InChI=1S/C12H19N3O/c1-15-7-5-12(9-13,6-8-15)14-11(16)10-3-2-4-10/h10H,2-8H2,1H3,(H,14,16). The lowest BCUT2D eigenvalue weighted by molar-refractivity contribution is -0.129. The third-order valence-electron chi connectivity index (χ3n) is 3.89. The number of rotatable bonds is 2.